The van der Waals surface area contributed by atoms with E-state index in [0.29, 0.717) is 13.2 Å². The summed E-state index contributed by atoms with van der Waals surface area (Å²) in [6.07, 6.45) is 0. The summed E-state index contributed by atoms with van der Waals surface area (Å²) >= 11 is 0. The average molecular weight is 221 g/mol. The van der Waals surface area contributed by atoms with Crippen LogP contribution in [0.2, 0.25) is 0 Å². The fourth-order valence-electron chi connectivity index (χ4n) is 2.04. The molecule has 1 atom stereocenters. The minimum Gasteiger partial charge on any atom is -0.379 e. The van der Waals surface area contributed by atoms with Gasteiger partial charge in [-0.05, 0) is 13.8 Å². The first-order valence-electron chi connectivity index (χ1n) is 5.38. The van der Waals surface area contributed by atoms with Crippen LogP contribution in [0.25, 0.3) is 0 Å². The minimum atomic E-state index is -0.268. The molecule has 2 rings (SSSR count). The Morgan fingerprint density at radius 1 is 1.38 bits per heavy atom. The van der Waals surface area contributed by atoms with E-state index >= 15 is 0 Å². The van der Waals surface area contributed by atoms with Crippen molar-refractivity contribution in [3.8, 4) is 6.07 Å². The fourth-order valence-corrected chi connectivity index (χ4v) is 2.04. The monoisotopic (exact) mass is 221 g/mol. The molecule has 0 radical (unpaired) electrons. The Labute approximate surface area is 94.6 Å². The second-order valence-electron chi connectivity index (χ2n) is 3.92. The van der Waals surface area contributed by atoms with Gasteiger partial charge in [0, 0.05) is 18.7 Å². The number of hydrogen-bond donors (Lipinski definition) is 0. The van der Waals surface area contributed by atoms with E-state index in [1.54, 1.807) is 0 Å². The Kier molecular flexibility index (Phi) is 3.22. The summed E-state index contributed by atoms with van der Waals surface area (Å²) in [6, 6.07) is 2.06. The molecule has 1 saturated heterocycles. The van der Waals surface area contributed by atoms with Crippen LogP contribution in [0.4, 0.5) is 0 Å². The third kappa shape index (κ3) is 1.94. The van der Waals surface area contributed by atoms with Crippen molar-refractivity contribution >= 4 is 0 Å². The maximum atomic E-state index is 9.30. The number of nitrogens with zero attached hydrogens (tertiary/aromatic N) is 3. The van der Waals surface area contributed by atoms with E-state index in [9.17, 15) is 5.26 Å². The topological polar surface area (TPSA) is 62.3 Å². The molecule has 1 aromatic rings. The summed E-state index contributed by atoms with van der Waals surface area (Å²) in [4.78, 5) is 2.11. The number of hydrogen-bond acceptors (Lipinski definition) is 5. The van der Waals surface area contributed by atoms with Gasteiger partial charge in [0.2, 0.25) is 0 Å². The predicted molar refractivity (Wildman–Crippen MR) is 56.7 cm³/mol. The van der Waals surface area contributed by atoms with E-state index in [4.69, 9.17) is 9.26 Å². The summed E-state index contributed by atoms with van der Waals surface area (Å²) in [5.74, 6) is 0.732. The molecule has 1 fully saturated rings. The lowest BCUT2D eigenvalue weighted by Gasteiger charge is -2.30. The number of ether oxygens (including phenoxy) is 1. The quantitative estimate of drug-likeness (QED) is 0.750. The molecule has 16 heavy (non-hydrogen) atoms. The Morgan fingerprint density at radius 2 is 2.06 bits per heavy atom. The Balaban J connectivity index is 2.25. The molecule has 0 N–H and O–H groups in total. The molecule has 0 aromatic carbocycles. The number of aryl methyl sites for hydroxylation is 2. The summed E-state index contributed by atoms with van der Waals surface area (Å²) in [7, 11) is 0. The van der Waals surface area contributed by atoms with E-state index in [2.05, 4.69) is 16.1 Å². The van der Waals surface area contributed by atoms with Gasteiger partial charge in [-0.3, -0.25) is 4.90 Å². The highest BCUT2D eigenvalue weighted by Crippen LogP contribution is 2.26. The maximum absolute atomic E-state index is 9.30. The van der Waals surface area contributed by atoms with Crippen LogP contribution in [0.1, 0.15) is 23.1 Å². The molecule has 1 aliphatic heterocycles. The van der Waals surface area contributed by atoms with Crippen molar-refractivity contribution in [3.63, 3.8) is 0 Å². The molecule has 0 spiro atoms. The molecule has 0 aliphatic carbocycles. The Hall–Kier alpha value is -1.38. The molecule has 2 heterocycles. The highest BCUT2D eigenvalue weighted by atomic mass is 16.5. The zero-order chi connectivity index (χ0) is 11.5. The van der Waals surface area contributed by atoms with Gasteiger partial charge >= 0.3 is 0 Å². The molecular weight excluding hydrogens is 206 g/mol. The number of aromatic nitrogens is 1. The normalized spacial score (nSPS) is 19.3. The first kappa shape index (κ1) is 11.1. The van der Waals surface area contributed by atoms with Gasteiger partial charge in [0.15, 0.2) is 0 Å². The summed E-state index contributed by atoms with van der Waals surface area (Å²) < 4.78 is 10.4. The third-order valence-electron chi connectivity index (χ3n) is 2.90. The smallest absolute Gasteiger partial charge is 0.139 e. The van der Waals surface area contributed by atoms with E-state index in [1.807, 2.05) is 13.8 Å². The van der Waals surface area contributed by atoms with Gasteiger partial charge in [-0.1, -0.05) is 5.16 Å². The molecule has 5 nitrogen and oxygen atoms in total. The van der Waals surface area contributed by atoms with Crippen LogP contribution < -0.4 is 0 Å². The first-order chi connectivity index (χ1) is 7.74. The van der Waals surface area contributed by atoms with Crippen LogP contribution in [0, 0.1) is 25.2 Å². The first-order valence-corrected chi connectivity index (χ1v) is 5.38. The van der Waals surface area contributed by atoms with Gasteiger partial charge in [-0.2, -0.15) is 5.26 Å². The highest BCUT2D eigenvalue weighted by molar-refractivity contribution is 5.29. The molecule has 86 valence electrons. The van der Waals surface area contributed by atoms with Gasteiger partial charge in [0.25, 0.3) is 0 Å². The molecule has 1 unspecified atom stereocenters. The van der Waals surface area contributed by atoms with Crippen molar-refractivity contribution in [1.82, 2.24) is 10.1 Å². The molecular formula is C11H15N3O2. The van der Waals surface area contributed by atoms with Gasteiger partial charge in [0.1, 0.15) is 11.8 Å². The van der Waals surface area contributed by atoms with Crippen molar-refractivity contribution in [2.75, 3.05) is 26.3 Å². The van der Waals surface area contributed by atoms with Crippen LogP contribution in [0.5, 0.6) is 0 Å². The van der Waals surface area contributed by atoms with Crippen molar-refractivity contribution in [3.05, 3.63) is 17.0 Å². The second kappa shape index (κ2) is 4.64. The van der Waals surface area contributed by atoms with E-state index < -0.39 is 0 Å². The third-order valence-corrected chi connectivity index (χ3v) is 2.90. The number of nitriles is 1. The number of rotatable bonds is 2. The standard InChI is InChI=1S/C11H15N3O2/c1-8-11(9(2)16-13-8)10(7-12)14-3-5-15-6-4-14/h10H,3-6H2,1-2H3. The van der Waals surface area contributed by atoms with E-state index in [-0.39, 0.29) is 6.04 Å². The fraction of sp³-hybridized carbons (Fsp3) is 0.636. The van der Waals surface area contributed by atoms with E-state index in [1.165, 1.54) is 0 Å². The lowest BCUT2D eigenvalue weighted by atomic mass is 10.0. The lowest BCUT2D eigenvalue weighted by Crippen LogP contribution is -2.38. The maximum Gasteiger partial charge on any atom is 0.139 e. The lowest BCUT2D eigenvalue weighted by molar-refractivity contribution is 0.0263. The van der Waals surface area contributed by atoms with Crippen molar-refractivity contribution in [2.24, 2.45) is 0 Å². The van der Waals surface area contributed by atoms with E-state index in [0.717, 1.165) is 30.1 Å². The zero-order valence-corrected chi connectivity index (χ0v) is 9.56. The molecule has 0 amide bonds. The Bertz CT molecular complexity index is 382. The van der Waals surface area contributed by atoms with Crippen molar-refractivity contribution in [1.29, 1.82) is 5.26 Å². The molecule has 1 aromatic heterocycles. The molecule has 0 saturated carbocycles. The van der Waals surface area contributed by atoms with Gasteiger partial charge < -0.3 is 9.26 Å². The van der Waals surface area contributed by atoms with Crippen LogP contribution in [-0.4, -0.2) is 36.4 Å². The Morgan fingerprint density at radius 3 is 2.56 bits per heavy atom. The summed E-state index contributed by atoms with van der Waals surface area (Å²) in [5.41, 5.74) is 1.71. The van der Waals surface area contributed by atoms with Crippen molar-refractivity contribution < 1.29 is 9.26 Å². The van der Waals surface area contributed by atoms with Crippen LogP contribution >= 0.6 is 0 Å². The number of morpholine rings is 1. The second-order valence-corrected chi connectivity index (χ2v) is 3.92. The average Bonchev–Trinajstić information content (AvgIpc) is 2.63. The van der Waals surface area contributed by atoms with Crippen molar-refractivity contribution in [2.45, 2.75) is 19.9 Å². The van der Waals surface area contributed by atoms with Crippen LogP contribution in [0.15, 0.2) is 4.52 Å². The summed E-state index contributed by atoms with van der Waals surface area (Å²) in [6.45, 7) is 6.64. The predicted octanol–water partition coefficient (Wildman–Crippen LogP) is 1.19. The zero-order valence-electron chi connectivity index (χ0n) is 9.56. The molecule has 1 aliphatic rings. The highest BCUT2D eigenvalue weighted by Gasteiger charge is 2.27. The van der Waals surface area contributed by atoms with Crippen LogP contribution in [0.3, 0.4) is 0 Å². The SMILES string of the molecule is Cc1noc(C)c1C(C#N)N1CCOCC1. The minimum absolute atomic E-state index is 0.268. The molecule has 5 heteroatoms. The van der Waals surface area contributed by atoms with Crippen LogP contribution in [-0.2, 0) is 4.74 Å². The molecule has 0 bridgehead atoms. The summed E-state index contributed by atoms with van der Waals surface area (Å²) in [5, 5.41) is 13.2. The van der Waals surface area contributed by atoms with Gasteiger partial charge in [-0.25, -0.2) is 0 Å². The van der Waals surface area contributed by atoms with Gasteiger partial charge in [-0.15, -0.1) is 0 Å². The largest absolute Gasteiger partial charge is 0.379 e. The van der Waals surface area contributed by atoms with Gasteiger partial charge in [0.05, 0.1) is 25.0 Å².